The molecule has 294 valence electrons. The van der Waals surface area contributed by atoms with Crippen LogP contribution < -0.4 is 19.9 Å². The Labute approximate surface area is 312 Å². The third-order valence-corrected chi connectivity index (χ3v) is 12.0. The molecule has 5 rings (SSSR count). The molecule has 0 aromatic heterocycles. The van der Waals surface area contributed by atoms with Crippen LogP contribution in [0.1, 0.15) is 71.3 Å². The molecule has 0 unspecified atom stereocenters. The second-order valence-electron chi connectivity index (χ2n) is 14.8. The van der Waals surface area contributed by atoms with Gasteiger partial charge in [0.1, 0.15) is 6.09 Å². The number of aliphatic hydroxyl groups is 1. The number of benzene rings is 2. The third kappa shape index (κ3) is 10.7. The lowest BCUT2D eigenvalue weighted by atomic mass is 9.86. The number of amides is 2. The van der Waals surface area contributed by atoms with Gasteiger partial charge in [0, 0.05) is 31.6 Å². The number of sulfonamides is 1. The molecule has 0 spiro atoms. The first-order valence-corrected chi connectivity index (χ1v) is 20.1. The predicted molar refractivity (Wildman–Crippen MR) is 193 cm³/mol. The van der Waals surface area contributed by atoms with Gasteiger partial charge in [-0.3, -0.25) is 0 Å². The molecule has 3 aliphatic rings. The Bertz CT molecular complexity index is 1610. The molecule has 14 nitrogen and oxygen atoms in total. The molecule has 2 amide bonds. The van der Waals surface area contributed by atoms with Crippen molar-refractivity contribution in [3.63, 3.8) is 0 Å². The minimum absolute atomic E-state index is 0.0259. The maximum atomic E-state index is 14.5. The number of carboxylic acid groups (broad SMARTS) is 1. The van der Waals surface area contributed by atoms with Gasteiger partial charge in [0.25, 0.3) is 0 Å². The standard InChI is InChI=1S/C38H55N3O11S/c1-4-5-19-49-36(43)39-18-11-7-10-17-38(2,3)25-40(53(46,47)28-14-15-33-34(22-28)52-26-51-33)23-32(42)30(21-27-12-8-6-9-13-27)41(37(44)45)31-24-50-35-29(31)16-20-48-35/h6,8-9,12-15,22,29-32,35,42H,4-5,7,10-11,16-21,23-26H2,1-3H3,(H,39,43)(H,44,45)/p-1/t29-,30-,31-,32+,35+/m0/s1. The highest BCUT2D eigenvalue weighted by atomic mass is 32.2. The molecule has 15 heteroatoms. The quantitative estimate of drug-likeness (QED) is 0.187. The smallest absolute Gasteiger partial charge is 0.407 e. The Hall–Kier alpha value is -3.63. The lowest BCUT2D eigenvalue weighted by Crippen LogP contribution is -2.61. The normalized spacial score (nSPS) is 20.6. The lowest BCUT2D eigenvalue weighted by molar-refractivity contribution is -0.273. The summed E-state index contributed by atoms with van der Waals surface area (Å²) in [5, 5.41) is 27.8. The topological polar surface area (TPSA) is 176 Å². The molecule has 53 heavy (non-hydrogen) atoms. The van der Waals surface area contributed by atoms with Crippen LogP contribution in [0.5, 0.6) is 11.5 Å². The molecular formula is C38H54N3O11S-. The average molecular weight is 761 g/mol. The van der Waals surface area contributed by atoms with Crippen molar-refractivity contribution in [3.05, 3.63) is 54.1 Å². The van der Waals surface area contributed by atoms with Gasteiger partial charge in [-0.25, -0.2) is 13.2 Å². The van der Waals surface area contributed by atoms with E-state index in [0.29, 0.717) is 44.1 Å². The number of nitrogens with one attached hydrogen (secondary N) is 1. The van der Waals surface area contributed by atoms with E-state index in [4.69, 9.17) is 23.7 Å². The van der Waals surface area contributed by atoms with Gasteiger partial charge in [-0.1, -0.05) is 70.4 Å². The van der Waals surface area contributed by atoms with E-state index < -0.39 is 52.1 Å². The first kappa shape index (κ1) is 40.6. The van der Waals surface area contributed by atoms with E-state index in [2.05, 4.69) is 5.32 Å². The lowest BCUT2D eigenvalue weighted by Gasteiger charge is -2.43. The minimum atomic E-state index is -4.24. The Morgan fingerprint density at radius 2 is 1.83 bits per heavy atom. The number of fused-ring (bicyclic) bond motifs is 2. The molecule has 2 aromatic rings. The number of rotatable bonds is 20. The SMILES string of the molecule is CCCCOC(=O)NCCCCCC(C)(C)CN(C[C@@H](O)[C@H](Cc1ccccc1)N(C(=O)[O-])[C@H]1CO[C@H]2OCC[C@H]21)S(=O)(=O)c1ccc2c(c1)OCO2. The van der Waals surface area contributed by atoms with Crippen LogP contribution in [-0.4, -0.2) is 106 Å². The molecule has 0 aliphatic carbocycles. The van der Waals surface area contributed by atoms with Crippen molar-refractivity contribution in [2.45, 2.75) is 102 Å². The zero-order valence-electron chi connectivity index (χ0n) is 30.9. The molecule has 2 aromatic carbocycles. The van der Waals surface area contributed by atoms with Gasteiger partial charge in [-0.15, -0.1) is 0 Å². The summed E-state index contributed by atoms with van der Waals surface area (Å²) in [4.78, 5) is 25.9. The second-order valence-corrected chi connectivity index (χ2v) is 16.7. The van der Waals surface area contributed by atoms with Crippen molar-refractivity contribution in [3.8, 4) is 11.5 Å². The van der Waals surface area contributed by atoms with Crippen LogP contribution in [-0.2, 0) is 30.7 Å². The minimum Gasteiger partial charge on any atom is -0.530 e. The van der Waals surface area contributed by atoms with Crippen molar-refractivity contribution >= 4 is 22.2 Å². The molecule has 0 radical (unpaired) electrons. The summed E-state index contributed by atoms with van der Waals surface area (Å²) in [6, 6.07) is 11.9. The molecule has 3 aliphatic heterocycles. The van der Waals surface area contributed by atoms with Crippen LogP contribution in [0.25, 0.3) is 0 Å². The fraction of sp³-hybridized carbons (Fsp3) is 0.632. The molecular weight excluding hydrogens is 706 g/mol. The number of hydrogen-bond donors (Lipinski definition) is 2. The maximum Gasteiger partial charge on any atom is 0.407 e. The number of carbonyl (C=O) groups is 2. The van der Waals surface area contributed by atoms with Crippen LogP contribution in [0, 0.1) is 11.3 Å². The number of alkyl carbamates (subject to hydrolysis) is 1. The van der Waals surface area contributed by atoms with Crippen molar-refractivity contribution in [2.75, 3.05) is 46.2 Å². The van der Waals surface area contributed by atoms with E-state index in [1.54, 1.807) is 6.07 Å². The molecule has 0 saturated carbocycles. The highest BCUT2D eigenvalue weighted by Crippen LogP contribution is 2.38. The van der Waals surface area contributed by atoms with E-state index in [1.807, 2.05) is 51.1 Å². The zero-order chi connectivity index (χ0) is 38.0. The highest BCUT2D eigenvalue weighted by Gasteiger charge is 2.47. The molecule has 3 heterocycles. The van der Waals surface area contributed by atoms with Crippen molar-refractivity contribution in [1.82, 2.24) is 14.5 Å². The van der Waals surface area contributed by atoms with Gasteiger partial charge in [-0.05, 0) is 55.2 Å². The van der Waals surface area contributed by atoms with Crippen molar-refractivity contribution in [1.29, 1.82) is 0 Å². The molecule has 2 fully saturated rings. The number of carbonyl (C=O) groups excluding carboxylic acids is 2. The van der Waals surface area contributed by atoms with Crippen LogP contribution in [0.2, 0.25) is 0 Å². The zero-order valence-corrected chi connectivity index (χ0v) is 31.8. The first-order chi connectivity index (χ1) is 25.4. The third-order valence-electron chi connectivity index (χ3n) is 10.2. The van der Waals surface area contributed by atoms with Crippen molar-refractivity contribution in [2.24, 2.45) is 11.3 Å². The Morgan fingerprint density at radius 1 is 1.06 bits per heavy atom. The molecule has 2 N–H and O–H groups in total. The fourth-order valence-electron chi connectivity index (χ4n) is 7.30. The number of aliphatic hydroxyl groups excluding tert-OH is 1. The van der Waals surface area contributed by atoms with Gasteiger partial charge in [0.2, 0.25) is 16.8 Å². The summed E-state index contributed by atoms with van der Waals surface area (Å²) >= 11 is 0. The monoisotopic (exact) mass is 760 g/mol. The number of hydrogen-bond acceptors (Lipinski definition) is 11. The Morgan fingerprint density at radius 3 is 2.58 bits per heavy atom. The Kier molecular flexibility index (Phi) is 14.2. The van der Waals surface area contributed by atoms with Gasteiger partial charge in [-0.2, -0.15) is 4.31 Å². The number of ether oxygens (including phenoxy) is 5. The summed E-state index contributed by atoms with van der Waals surface area (Å²) in [5.74, 6) is 0.487. The largest absolute Gasteiger partial charge is 0.530 e. The van der Waals surface area contributed by atoms with E-state index in [0.717, 1.165) is 42.6 Å². The summed E-state index contributed by atoms with van der Waals surface area (Å²) in [6.45, 7) is 6.95. The molecule has 2 saturated heterocycles. The second kappa shape index (κ2) is 18.6. The predicted octanol–water partition coefficient (Wildman–Crippen LogP) is 3.90. The summed E-state index contributed by atoms with van der Waals surface area (Å²) in [6.07, 6.45) is 1.51. The average Bonchev–Trinajstić information content (AvgIpc) is 3.88. The van der Waals surface area contributed by atoms with E-state index in [-0.39, 0.29) is 43.7 Å². The molecule has 5 atom stereocenters. The fourth-order valence-corrected chi connectivity index (χ4v) is 8.96. The van der Waals surface area contributed by atoms with E-state index in [9.17, 15) is 28.2 Å². The van der Waals surface area contributed by atoms with Gasteiger partial charge < -0.3 is 48.9 Å². The maximum absolute atomic E-state index is 14.5. The van der Waals surface area contributed by atoms with Crippen LogP contribution >= 0.6 is 0 Å². The van der Waals surface area contributed by atoms with Crippen LogP contribution in [0.3, 0.4) is 0 Å². The first-order valence-electron chi connectivity index (χ1n) is 18.6. The van der Waals surface area contributed by atoms with E-state index >= 15 is 0 Å². The summed E-state index contributed by atoms with van der Waals surface area (Å²) in [7, 11) is -4.24. The van der Waals surface area contributed by atoms with E-state index in [1.165, 1.54) is 16.4 Å². The van der Waals surface area contributed by atoms with Crippen LogP contribution in [0.15, 0.2) is 53.4 Å². The van der Waals surface area contributed by atoms with Gasteiger partial charge in [0.15, 0.2) is 17.8 Å². The summed E-state index contributed by atoms with van der Waals surface area (Å²) in [5.41, 5.74) is 0.224. The Balaban J connectivity index is 1.35. The number of nitrogens with zero attached hydrogens (tertiary/aromatic N) is 2. The number of unbranched alkanes of at least 4 members (excludes halogenated alkanes) is 3. The highest BCUT2D eigenvalue weighted by molar-refractivity contribution is 7.89. The van der Waals surface area contributed by atoms with Gasteiger partial charge >= 0.3 is 6.09 Å². The van der Waals surface area contributed by atoms with Crippen molar-refractivity contribution < 1.29 is 51.9 Å². The van der Waals surface area contributed by atoms with Gasteiger partial charge in [0.05, 0.1) is 42.9 Å². The molecule has 0 bridgehead atoms. The summed E-state index contributed by atoms with van der Waals surface area (Å²) < 4.78 is 57.7. The van der Waals surface area contributed by atoms with Crippen LogP contribution in [0.4, 0.5) is 9.59 Å².